The van der Waals surface area contributed by atoms with Gasteiger partial charge in [-0.1, -0.05) is 32.0 Å². The van der Waals surface area contributed by atoms with Crippen LogP contribution in [0.3, 0.4) is 0 Å². The van der Waals surface area contributed by atoms with Gasteiger partial charge in [0, 0.05) is 29.2 Å². The molecule has 7 nitrogen and oxygen atoms in total. The number of para-hydroxylation sites is 1. The Labute approximate surface area is 151 Å². The second-order valence-electron chi connectivity index (χ2n) is 6.44. The van der Waals surface area contributed by atoms with Gasteiger partial charge in [0.1, 0.15) is 4.90 Å². The number of rotatable bonds is 5. The predicted octanol–water partition coefficient (Wildman–Crippen LogP) is 4.31. The van der Waals surface area contributed by atoms with E-state index in [9.17, 15) is 18.5 Å². The molecule has 0 unspecified atom stereocenters. The van der Waals surface area contributed by atoms with Crippen LogP contribution in [0.25, 0.3) is 10.9 Å². The molecule has 0 aliphatic rings. The van der Waals surface area contributed by atoms with Gasteiger partial charge in [0.2, 0.25) is 0 Å². The predicted molar refractivity (Wildman–Crippen MR) is 101 cm³/mol. The van der Waals surface area contributed by atoms with Gasteiger partial charge in [0.15, 0.2) is 0 Å². The molecule has 3 aromatic rings. The maximum absolute atomic E-state index is 13.0. The molecule has 2 aromatic carbocycles. The molecule has 2 N–H and O–H groups in total. The first-order valence-corrected chi connectivity index (χ1v) is 9.57. The highest BCUT2D eigenvalue weighted by Gasteiger charge is 2.23. The summed E-state index contributed by atoms with van der Waals surface area (Å²) >= 11 is 0. The number of aromatic nitrogens is 1. The third-order valence-electron chi connectivity index (χ3n) is 4.29. The molecule has 3 rings (SSSR count). The van der Waals surface area contributed by atoms with E-state index in [1.54, 1.807) is 0 Å². The van der Waals surface area contributed by atoms with E-state index in [0.29, 0.717) is 11.2 Å². The largest absolute Gasteiger partial charge is 0.360 e. The summed E-state index contributed by atoms with van der Waals surface area (Å²) in [6, 6.07) is 9.71. The van der Waals surface area contributed by atoms with Gasteiger partial charge in [-0.25, -0.2) is 8.42 Å². The van der Waals surface area contributed by atoms with Gasteiger partial charge in [-0.2, -0.15) is 0 Å². The first-order valence-electron chi connectivity index (χ1n) is 8.08. The molecule has 0 aliphatic carbocycles. The average molecular weight is 373 g/mol. The van der Waals surface area contributed by atoms with Crippen molar-refractivity contribution in [1.82, 2.24) is 4.98 Å². The van der Waals surface area contributed by atoms with Gasteiger partial charge in [-0.05, 0) is 30.0 Å². The molecular weight excluding hydrogens is 354 g/mol. The summed E-state index contributed by atoms with van der Waals surface area (Å²) in [6.07, 6.45) is 1.35. The molecular formula is C18H19N3O4S. The van der Waals surface area contributed by atoms with Crippen molar-refractivity contribution in [2.45, 2.75) is 31.6 Å². The van der Waals surface area contributed by atoms with Gasteiger partial charge in [-0.3, -0.25) is 14.8 Å². The van der Waals surface area contributed by atoms with Crippen LogP contribution in [0.15, 0.2) is 47.5 Å². The lowest BCUT2D eigenvalue weighted by molar-refractivity contribution is -0.384. The minimum absolute atomic E-state index is 0.0193. The number of hydrogen-bond acceptors (Lipinski definition) is 4. The fourth-order valence-electron chi connectivity index (χ4n) is 2.92. The van der Waals surface area contributed by atoms with Gasteiger partial charge < -0.3 is 4.98 Å². The lowest BCUT2D eigenvalue weighted by Gasteiger charge is -2.17. The van der Waals surface area contributed by atoms with Crippen molar-refractivity contribution in [2.24, 2.45) is 0 Å². The zero-order chi connectivity index (χ0) is 19.1. The Kier molecular flexibility index (Phi) is 4.45. The first kappa shape index (κ1) is 17.9. The van der Waals surface area contributed by atoms with E-state index < -0.39 is 14.9 Å². The summed E-state index contributed by atoms with van der Waals surface area (Å²) in [4.78, 5) is 13.3. The van der Waals surface area contributed by atoms with Crippen molar-refractivity contribution in [1.29, 1.82) is 0 Å². The molecule has 0 radical (unpaired) electrons. The van der Waals surface area contributed by atoms with Crippen LogP contribution >= 0.6 is 0 Å². The van der Waals surface area contributed by atoms with Crippen molar-refractivity contribution >= 4 is 32.3 Å². The molecule has 0 spiro atoms. The third kappa shape index (κ3) is 3.15. The van der Waals surface area contributed by atoms with E-state index in [4.69, 9.17) is 0 Å². The number of nitro groups is 1. The summed E-state index contributed by atoms with van der Waals surface area (Å²) in [5.74, 6) is 0.136. The number of H-pyrrole nitrogens is 1. The van der Waals surface area contributed by atoms with Crippen LogP contribution in [0.4, 0.5) is 11.4 Å². The number of nitrogens with one attached hydrogen (secondary N) is 2. The van der Waals surface area contributed by atoms with Crippen molar-refractivity contribution < 1.29 is 13.3 Å². The lowest BCUT2D eigenvalue weighted by atomic mass is 9.99. The Morgan fingerprint density at radius 3 is 2.58 bits per heavy atom. The number of hydrogen-bond donors (Lipinski definition) is 2. The average Bonchev–Trinajstić information content (AvgIpc) is 3.00. The molecule has 0 fully saturated rings. The topological polar surface area (TPSA) is 105 Å². The molecule has 8 heteroatoms. The summed E-state index contributed by atoms with van der Waals surface area (Å²) in [6.45, 7) is 5.81. The summed E-state index contributed by atoms with van der Waals surface area (Å²) in [5, 5.41) is 11.3. The van der Waals surface area contributed by atoms with Crippen LogP contribution in [-0.4, -0.2) is 18.3 Å². The summed E-state index contributed by atoms with van der Waals surface area (Å²) in [5.41, 5.74) is 2.60. The van der Waals surface area contributed by atoms with Crippen LogP contribution < -0.4 is 4.72 Å². The molecule has 1 heterocycles. The Morgan fingerprint density at radius 2 is 1.92 bits per heavy atom. The van der Waals surface area contributed by atoms with Crippen molar-refractivity contribution in [3.63, 3.8) is 0 Å². The van der Waals surface area contributed by atoms with E-state index in [-0.39, 0.29) is 21.9 Å². The molecule has 26 heavy (non-hydrogen) atoms. The van der Waals surface area contributed by atoms with E-state index >= 15 is 0 Å². The SMILES string of the molecule is Cc1cccc(C(C)C)c1NS(=O)(=O)c1c[nH]c2ccc([N+](=O)[O-])cc12. The number of sulfonamides is 1. The normalized spacial score (nSPS) is 11.8. The van der Waals surface area contributed by atoms with E-state index in [0.717, 1.165) is 11.1 Å². The minimum atomic E-state index is -3.92. The van der Waals surface area contributed by atoms with Crippen molar-refractivity contribution in [2.75, 3.05) is 4.72 Å². The van der Waals surface area contributed by atoms with Gasteiger partial charge >= 0.3 is 0 Å². The second kappa shape index (κ2) is 6.45. The van der Waals surface area contributed by atoms with Crippen LogP contribution in [0.2, 0.25) is 0 Å². The van der Waals surface area contributed by atoms with Crippen molar-refractivity contribution in [3.05, 3.63) is 63.8 Å². The van der Waals surface area contributed by atoms with Gasteiger partial charge in [0.25, 0.3) is 15.7 Å². The van der Waals surface area contributed by atoms with Gasteiger partial charge in [-0.15, -0.1) is 0 Å². The molecule has 136 valence electrons. The molecule has 0 atom stereocenters. The Bertz CT molecular complexity index is 1100. The first-order chi connectivity index (χ1) is 12.2. The van der Waals surface area contributed by atoms with E-state index in [1.165, 1.54) is 24.4 Å². The molecule has 0 saturated carbocycles. The highest BCUT2D eigenvalue weighted by molar-refractivity contribution is 7.93. The molecule has 0 aliphatic heterocycles. The van der Waals surface area contributed by atoms with E-state index in [2.05, 4.69) is 9.71 Å². The monoisotopic (exact) mass is 373 g/mol. The lowest BCUT2D eigenvalue weighted by Crippen LogP contribution is -2.15. The fraction of sp³-hybridized carbons (Fsp3) is 0.222. The standard InChI is InChI=1S/C18H19N3O4S/c1-11(2)14-6-4-5-12(3)18(14)20-26(24,25)17-10-19-16-8-7-13(21(22)23)9-15(16)17/h4-11,19-20H,1-3H3. The van der Waals surface area contributed by atoms with Gasteiger partial charge in [0.05, 0.1) is 10.6 Å². The zero-order valence-corrected chi connectivity index (χ0v) is 15.4. The summed E-state index contributed by atoms with van der Waals surface area (Å²) < 4.78 is 28.6. The maximum atomic E-state index is 13.0. The van der Waals surface area contributed by atoms with E-state index in [1.807, 2.05) is 39.0 Å². The second-order valence-corrected chi connectivity index (χ2v) is 8.09. The smallest absolute Gasteiger partial charge is 0.270 e. The highest BCUT2D eigenvalue weighted by Crippen LogP contribution is 2.32. The Balaban J connectivity index is 2.12. The quantitative estimate of drug-likeness (QED) is 0.513. The fourth-order valence-corrected chi connectivity index (χ4v) is 4.25. The molecule has 0 amide bonds. The molecule has 0 bridgehead atoms. The van der Waals surface area contributed by atoms with Crippen molar-refractivity contribution in [3.8, 4) is 0 Å². The third-order valence-corrected chi connectivity index (χ3v) is 5.68. The number of benzene rings is 2. The minimum Gasteiger partial charge on any atom is -0.360 e. The number of aromatic amines is 1. The Morgan fingerprint density at radius 1 is 1.19 bits per heavy atom. The number of fused-ring (bicyclic) bond motifs is 1. The number of nitro benzene ring substituents is 1. The number of non-ortho nitro benzene ring substituents is 1. The van der Waals surface area contributed by atoms with Crippen LogP contribution in [-0.2, 0) is 10.0 Å². The Hall–Kier alpha value is -2.87. The zero-order valence-electron chi connectivity index (χ0n) is 14.6. The molecule has 0 saturated heterocycles. The van der Waals surface area contributed by atoms with Crippen LogP contribution in [0.5, 0.6) is 0 Å². The maximum Gasteiger partial charge on any atom is 0.270 e. The van der Waals surface area contributed by atoms with Crippen LogP contribution in [0, 0.1) is 17.0 Å². The molecule has 1 aromatic heterocycles. The van der Waals surface area contributed by atoms with Crippen LogP contribution in [0.1, 0.15) is 30.9 Å². The number of nitrogens with zero attached hydrogens (tertiary/aromatic N) is 1. The summed E-state index contributed by atoms with van der Waals surface area (Å²) in [7, 11) is -3.92. The number of anilines is 1. The number of aryl methyl sites for hydroxylation is 1. The highest BCUT2D eigenvalue weighted by atomic mass is 32.2.